The van der Waals surface area contributed by atoms with Gasteiger partial charge in [0.15, 0.2) is 0 Å². The Hall–Kier alpha value is -0.910. The zero-order chi connectivity index (χ0) is 16.9. The summed E-state index contributed by atoms with van der Waals surface area (Å²) >= 11 is 1.70. The van der Waals surface area contributed by atoms with Crippen LogP contribution in [0.5, 0.6) is 0 Å². The van der Waals surface area contributed by atoms with E-state index in [4.69, 9.17) is 4.74 Å². The van der Waals surface area contributed by atoms with Crippen molar-refractivity contribution in [3.63, 3.8) is 0 Å². The number of nitrogens with zero attached hydrogens (tertiary/aromatic N) is 1. The number of hydrogen-bond donors (Lipinski definition) is 1. The molecule has 1 N–H and O–H groups in total. The number of carbonyl (C=O) groups excluding carboxylic acids is 2. The number of ether oxygens (including phenoxy) is 1. The molecular formula is C16H30N2O3S. The Labute approximate surface area is 138 Å². The van der Waals surface area contributed by atoms with Crippen LogP contribution in [0.2, 0.25) is 0 Å². The minimum atomic E-state index is -0.486. The first-order valence-electron chi connectivity index (χ1n) is 7.93. The van der Waals surface area contributed by atoms with Gasteiger partial charge in [-0.3, -0.25) is 4.79 Å². The number of alkyl carbamates (subject to hydrolysis) is 1. The summed E-state index contributed by atoms with van der Waals surface area (Å²) < 4.78 is 5.29. The predicted octanol–water partition coefficient (Wildman–Crippen LogP) is 2.89. The van der Waals surface area contributed by atoms with Gasteiger partial charge in [0.2, 0.25) is 5.91 Å². The van der Waals surface area contributed by atoms with Crippen LogP contribution in [-0.4, -0.2) is 53.1 Å². The molecule has 128 valence electrons. The Balaban J connectivity index is 2.49. The molecule has 5 nitrogen and oxygen atoms in total. The molecule has 3 unspecified atom stereocenters. The van der Waals surface area contributed by atoms with Crippen LogP contribution in [0.4, 0.5) is 4.79 Å². The van der Waals surface area contributed by atoms with E-state index in [1.54, 1.807) is 11.8 Å². The van der Waals surface area contributed by atoms with E-state index in [0.29, 0.717) is 6.54 Å². The van der Waals surface area contributed by atoms with Crippen molar-refractivity contribution >= 4 is 23.8 Å². The average Bonchev–Trinajstić information content (AvgIpc) is 2.36. The molecule has 2 amide bonds. The second kappa shape index (κ2) is 8.09. The third-order valence-corrected chi connectivity index (χ3v) is 4.55. The topological polar surface area (TPSA) is 58.6 Å². The van der Waals surface area contributed by atoms with E-state index in [0.717, 1.165) is 18.6 Å². The van der Waals surface area contributed by atoms with Gasteiger partial charge in [-0.1, -0.05) is 6.92 Å². The first kappa shape index (κ1) is 19.1. The largest absolute Gasteiger partial charge is 0.444 e. The average molecular weight is 330 g/mol. The Morgan fingerprint density at radius 1 is 1.41 bits per heavy atom. The fourth-order valence-electron chi connectivity index (χ4n) is 2.71. The van der Waals surface area contributed by atoms with E-state index in [1.807, 2.05) is 45.8 Å². The molecule has 0 spiro atoms. The van der Waals surface area contributed by atoms with Gasteiger partial charge in [0.05, 0.1) is 0 Å². The number of likely N-dealkylation sites (tertiary alicyclic amines) is 1. The van der Waals surface area contributed by atoms with Crippen molar-refractivity contribution in [3.8, 4) is 0 Å². The first-order valence-corrected chi connectivity index (χ1v) is 9.32. The van der Waals surface area contributed by atoms with Gasteiger partial charge in [-0.15, -0.1) is 0 Å². The molecule has 1 heterocycles. The molecule has 1 saturated heterocycles. The third-order valence-electron chi connectivity index (χ3n) is 3.72. The van der Waals surface area contributed by atoms with Gasteiger partial charge in [-0.2, -0.15) is 11.8 Å². The van der Waals surface area contributed by atoms with Crippen LogP contribution in [0.3, 0.4) is 0 Å². The number of rotatable bonds is 4. The van der Waals surface area contributed by atoms with Crippen molar-refractivity contribution in [3.05, 3.63) is 0 Å². The molecule has 1 rings (SSSR count). The highest BCUT2D eigenvalue weighted by Crippen LogP contribution is 2.21. The van der Waals surface area contributed by atoms with E-state index < -0.39 is 5.60 Å². The van der Waals surface area contributed by atoms with Crippen LogP contribution in [0, 0.1) is 5.92 Å². The second-order valence-electron chi connectivity index (χ2n) is 7.10. The quantitative estimate of drug-likeness (QED) is 0.861. The molecule has 0 aromatic heterocycles. The van der Waals surface area contributed by atoms with Crippen LogP contribution < -0.4 is 5.32 Å². The maximum Gasteiger partial charge on any atom is 0.407 e. The van der Waals surface area contributed by atoms with Gasteiger partial charge in [0.1, 0.15) is 5.60 Å². The lowest BCUT2D eigenvalue weighted by atomic mass is 9.97. The van der Waals surface area contributed by atoms with Crippen molar-refractivity contribution in [2.45, 2.75) is 65.1 Å². The molecule has 0 aromatic carbocycles. The molecule has 0 bridgehead atoms. The fourth-order valence-corrected chi connectivity index (χ4v) is 3.35. The monoisotopic (exact) mass is 330 g/mol. The van der Waals surface area contributed by atoms with Gasteiger partial charge >= 0.3 is 6.09 Å². The molecule has 0 saturated carbocycles. The number of nitrogens with one attached hydrogen (secondary N) is 1. The Kier molecular flexibility index (Phi) is 7.03. The summed E-state index contributed by atoms with van der Waals surface area (Å²) in [6.45, 7) is 10.3. The van der Waals surface area contributed by atoms with Crippen molar-refractivity contribution in [1.82, 2.24) is 10.2 Å². The van der Waals surface area contributed by atoms with E-state index in [2.05, 4.69) is 5.32 Å². The van der Waals surface area contributed by atoms with Crippen molar-refractivity contribution in [1.29, 1.82) is 0 Å². The van der Waals surface area contributed by atoms with Gasteiger partial charge in [0, 0.05) is 30.3 Å². The number of hydrogen-bond acceptors (Lipinski definition) is 4. The minimum Gasteiger partial charge on any atom is -0.444 e. The van der Waals surface area contributed by atoms with Gasteiger partial charge < -0.3 is 15.0 Å². The fraction of sp³-hybridized carbons (Fsp3) is 0.875. The summed E-state index contributed by atoms with van der Waals surface area (Å²) in [5.41, 5.74) is -0.486. The molecule has 1 fully saturated rings. The molecule has 1 aliphatic rings. The number of thioether (sulfide) groups is 1. The molecule has 0 radical (unpaired) electrons. The van der Waals surface area contributed by atoms with Crippen molar-refractivity contribution in [2.24, 2.45) is 5.92 Å². The summed E-state index contributed by atoms with van der Waals surface area (Å²) in [5, 5.41) is 2.92. The van der Waals surface area contributed by atoms with E-state index in [9.17, 15) is 9.59 Å². The maximum atomic E-state index is 12.4. The lowest BCUT2D eigenvalue weighted by Gasteiger charge is -2.39. The Morgan fingerprint density at radius 3 is 2.55 bits per heavy atom. The van der Waals surface area contributed by atoms with Crippen LogP contribution in [0.15, 0.2) is 0 Å². The summed E-state index contributed by atoms with van der Waals surface area (Å²) in [6, 6.07) is 0.218. The van der Waals surface area contributed by atoms with Crippen molar-refractivity contribution < 1.29 is 14.3 Å². The Bertz CT molecular complexity index is 395. The molecule has 0 aromatic rings. The predicted molar refractivity (Wildman–Crippen MR) is 91.1 cm³/mol. The smallest absolute Gasteiger partial charge is 0.407 e. The molecule has 3 atom stereocenters. The molecule has 6 heteroatoms. The third kappa shape index (κ3) is 6.07. The molecule has 22 heavy (non-hydrogen) atoms. The van der Waals surface area contributed by atoms with Crippen LogP contribution >= 0.6 is 11.8 Å². The summed E-state index contributed by atoms with van der Waals surface area (Å²) in [5.74, 6) is 1.12. The molecular weight excluding hydrogens is 300 g/mol. The van der Waals surface area contributed by atoms with Gasteiger partial charge in [-0.25, -0.2) is 4.79 Å². The highest BCUT2D eigenvalue weighted by Gasteiger charge is 2.32. The number of amides is 2. The summed E-state index contributed by atoms with van der Waals surface area (Å²) in [4.78, 5) is 26.2. The zero-order valence-electron chi connectivity index (χ0n) is 14.6. The molecule has 0 aliphatic carbocycles. The van der Waals surface area contributed by atoms with Crippen LogP contribution in [-0.2, 0) is 9.53 Å². The summed E-state index contributed by atoms with van der Waals surface area (Å²) in [7, 11) is 0. The van der Waals surface area contributed by atoms with E-state index in [1.165, 1.54) is 0 Å². The first-order chi connectivity index (χ1) is 10.1. The minimum absolute atomic E-state index is 0.0489. The second-order valence-corrected chi connectivity index (χ2v) is 8.02. The number of carbonyl (C=O) groups is 2. The van der Waals surface area contributed by atoms with Gasteiger partial charge in [-0.05, 0) is 46.8 Å². The van der Waals surface area contributed by atoms with Crippen LogP contribution in [0.1, 0.15) is 47.5 Å². The van der Waals surface area contributed by atoms with Crippen LogP contribution in [0.25, 0.3) is 0 Å². The Morgan fingerprint density at radius 2 is 2.05 bits per heavy atom. The van der Waals surface area contributed by atoms with Crippen molar-refractivity contribution in [2.75, 3.05) is 18.6 Å². The highest BCUT2D eigenvalue weighted by molar-refractivity contribution is 7.98. The lowest BCUT2D eigenvalue weighted by Crippen LogP contribution is -2.52. The van der Waals surface area contributed by atoms with E-state index in [-0.39, 0.29) is 30.0 Å². The summed E-state index contributed by atoms with van der Waals surface area (Å²) in [6.07, 6.45) is 3.20. The SMILES string of the molecule is CSCC(C)C(=O)N1CCC(NC(=O)OC(C)(C)C)CC1C. The highest BCUT2D eigenvalue weighted by atomic mass is 32.2. The lowest BCUT2D eigenvalue weighted by molar-refractivity contribution is -0.137. The van der Waals surface area contributed by atoms with Gasteiger partial charge in [0.25, 0.3) is 0 Å². The van der Waals surface area contributed by atoms with E-state index >= 15 is 0 Å². The normalized spacial score (nSPS) is 23.8. The zero-order valence-corrected chi connectivity index (χ0v) is 15.5. The number of piperidine rings is 1. The standard InChI is InChI=1S/C16H30N2O3S/c1-11(10-22-6)14(19)18-8-7-13(9-12(18)2)17-15(20)21-16(3,4)5/h11-13H,7-10H2,1-6H3,(H,17,20). The molecule has 1 aliphatic heterocycles. The maximum absolute atomic E-state index is 12.4.